The van der Waals surface area contributed by atoms with Crippen LogP contribution in [0.5, 0.6) is 11.5 Å². The molecule has 0 bridgehead atoms. The molecule has 2 amide bonds. The molecule has 8 nitrogen and oxygen atoms in total. The predicted molar refractivity (Wildman–Crippen MR) is 107 cm³/mol. The third-order valence-corrected chi connectivity index (χ3v) is 3.36. The number of hydrogen-bond acceptors (Lipinski definition) is 5. The number of amides is 2. The third-order valence-electron chi connectivity index (χ3n) is 3.36. The molecule has 0 saturated heterocycles. The van der Waals surface area contributed by atoms with E-state index in [4.69, 9.17) is 14.2 Å². The number of anilines is 2. The maximum atomic E-state index is 11.8. The highest BCUT2D eigenvalue weighted by atomic mass is 16.5. The molecule has 0 aromatic heterocycles. The summed E-state index contributed by atoms with van der Waals surface area (Å²) in [6, 6.07) is 14.0. The van der Waals surface area contributed by atoms with Crippen molar-refractivity contribution in [2.45, 2.75) is 13.8 Å². The molecule has 152 valence electrons. The van der Waals surface area contributed by atoms with E-state index in [0.717, 1.165) is 11.5 Å². The molecule has 8 heteroatoms. The second-order valence-electron chi connectivity index (χ2n) is 5.50. The van der Waals surface area contributed by atoms with E-state index in [1.807, 2.05) is 13.8 Å². The summed E-state index contributed by atoms with van der Waals surface area (Å²) in [6.45, 7) is 4.53. The molecule has 0 fully saturated rings. The molecule has 0 spiro atoms. The molecule has 2 aromatic rings. The maximum Gasteiger partial charge on any atom is 0.250 e. The van der Waals surface area contributed by atoms with Crippen LogP contribution >= 0.6 is 0 Å². The lowest BCUT2D eigenvalue weighted by Gasteiger charge is -2.09. The average molecular weight is 390 g/mol. The molecular weight excluding hydrogens is 364 g/mol. The molecule has 4 N–H and O–H groups in total. The fourth-order valence-electron chi connectivity index (χ4n) is 2.23. The van der Waals surface area contributed by atoms with Gasteiger partial charge in [0.15, 0.2) is 0 Å². The van der Waals surface area contributed by atoms with Gasteiger partial charge < -0.3 is 30.3 Å². The van der Waals surface area contributed by atoms with Crippen LogP contribution < -0.4 is 20.1 Å². The predicted octanol–water partition coefficient (Wildman–Crippen LogP) is 2.25. The van der Waals surface area contributed by atoms with Gasteiger partial charge >= 0.3 is 0 Å². The molecular formula is C20H26N2O6. The quantitative estimate of drug-likeness (QED) is 0.645. The van der Waals surface area contributed by atoms with E-state index < -0.39 is 0 Å². The second-order valence-corrected chi connectivity index (χ2v) is 5.50. The van der Waals surface area contributed by atoms with Gasteiger partial charge in [-0.15, -0.1) is 0 Å². The smallest absolute Gasteiger partial charge is 0.250 e. The number of hydrogen-bond donors (Lipinski definition) is 2. The lowest BCUT2D eigenvalue weighted by atomic mass is 10.3. The zero-order valence-corrected chi connectivity index (χ0v) is 16.0. The average Bonchev–Trinajstić information content (AvgIpc) is 2.65. The fraction of sp³-hybridized carbons (Fsp3) is 0.300. The summed E-state index contributed by atoms with van der Waals surface area (Å²) >= 11 is 0. The van der Waals surface area contributed by atoms with Crippen molar-refractivity contribution >= 4 is 23.2 Å². The molecule has 0 atom stereocenters. The van der Waals surface area contributed by atoms with Gasteiger partial charge in [0.25, 0.3) is 0 Å². The highest BCUT2D eigenvalue weighted by Gasteiger charge is 2.07. The van der Waals surface area contributed by atoms with Crippen LogP contribution in [0.1, 0.15) is 13.8 Å². The van der Waals surface area contributed by atoms with Crippen molar-refractivity contribution in [1.82, 2.24) is 0 Å². The van der Waals surface area contributed by atoms with Gasteiger partial charge in [-0.25, -0.2) is 0 Å². The first kappa shape index (κ1) is 22.9. The van der Waals surface area contributed by atoms with Crippen molar-refractivity contribution in [2.75, 3.05) is 37.1 Å². The number of rotatable bonds is 10. The first-order valence-corrected chi connectivity index (χ1v) is 8.74. The summed E-state index contributed by atoms with van der Waals surface area (Å²) in [7, 11) is 0. The van der Waals surface area contributed by atoms with Crippen LogP contribution in [0, 0.1) is 0 Å². The highest BCUT2D eigenvalue weighted by molar-refractivity contribution is 5.93. The summed E-state index contributed by atoms with van der Waals surface area (Å²) in [6.07, 6.45) is 0. The Hall–Kier alpha value is -3.10. The van der Waals surface area contributed by atoms with Crippen molar-refractivity contribution in [3.05, 3.63) is 48.5 Å². The van der Waals surface area contributed by atoms with Crippen LogP contribution in [0.3, 0.4) is 0 Å². The molecule has 0 heterocycles. The van der Waals surface area contributed by atoms with Crippen LogP contribution in [0.25, 0.3) is 0 Å². The molecule has 0 unspecified atom stereocenters. The lowest BCUT2D eigenvalue weighted by molar-refractivity contribution is -0.125. The Morgan fingerprint density at radius 1 is 0.714 bits per heavy atom. The van der Waals surface area contributed by atoms with Crippen LogP contribution in [-0.4, -0.2) is 43.7 Å². The van der Waals surface area contributed by atoms with Gasteiger partial charge in [0.2, 0.25) is 11.8 Å². The molecule has 0 aliphatic rings. The molecule has 0 saturated carbocycles. The number of benzene rings is 2. The van der Waals surface area contributed by atoms with Crippen molar-refractivity contribution in [1.29, 1.82) is 0 Å². The highest BCUT2D eigenvalue weighted by Crippen LogP contribution is 2.16. The van der Waals surface area contributed by atoms with E-state index in [9.17, 15) is 9.59 Å². The summed E-state index contributed by atoms with van der Waals surface area (Å²) in [5.74, 6) is 0.788. The first-order chi connectivity index (χ1) is 13.1. The Morgan fingerprint density at radius 2 is 1.07 bits per heavy atom. The lowest BCUT2D eigenvalue weighted by Crippen LogP contribution is -2.23. The molecule has 2 aromatic carbocycles. The van der Waals surface area contributed by atoms with Gasteiger partial charge in [0.1, 0.15) is 24.7 Å². The Bertz CT molecular complexity index is 668. The topological polar surface area (TPSA) is 117 Å². The SMILES string of the molecule is CCOc1ccc(NC(=O)COCC(=O)Nc2ccc(OCC)cc2)cc1.O. The largest absolute Gasteiger partial charge is 0.494 e. The Kier molecular flexibility index (Phi) is 10.1. The van der Waals surface area contributed by atoms with Gasteiger partial charge in [-0.1, -0.05) is 0 Å². The summed E-state index contributed by atoms with van der Waals surface area (Å²) in [5, 5.41) is 5.38. The zero-order chi connectivity index (χ0) is 19.5. The maximum absolute atomic E-state index is 11.8. The first-order valence-electron chi connectivity index (χ1n) is 8.74. The minimum atomic E-state index is -0.340. The Morgan fingerprint density at radius 3 is 1.39 bits per heavy atom. The van der Waals surface area contributed by atoms with Crippen LogP contribution in [0.4, 0.5) is 11.4 Å². The van der Waals surface area contributed by atoms with Crippen LogP contribution in [0.15, 0.2) is 48.5 Å². The van der Waals surface area contributed by atoms with Crippen molar-refractivity contribution < 1.29 is 29.3 Å². The van der Waals surface area contributed by atoms with E-state index in [2.05, 4.69) is 10.6 Å². The van der Waals surface area contributed by atoms with E-state index >= 15 is 0 Å². The second kappa shape index (κ2) is 12.3. The number of carbonyl (C=O) groups is 2. The van der Waals surface area contributed by atoms with Gasteiger partial charge in [0.05, 0.1) is 13.2 Å². The summed E-state index contributed by atoms with van der Waals surface area (Å²) < 4.78 is 15.8. The Labute approximate surface area is 164 Å². The van der Waals surface area contributed by atoms with Gasteiger partial charge in [-0.3, -0.25) is 9.59 Å². The normalized spacial score (nSPS) is 9.79. The number of nitrogens with one attached hydrogen (secondary N) is 2. The molecule has 2 rings (SSSR count). The minimum Gasteiger partial charge on any atom is -0.494 e. The van der Waals surface area contributed by atoms with Crippen LogP contribution in [-0.2, 0) is 14.3 Å². The van der Waals surface area contributed by atoms with Gasteiger partial charge in [0, 0.05) is 11.4 Å². The fourth-order valence-corrected chi connectivity index (χ4v) is 2.23. The Balaban J connectivity index is 0.00000392. The molecule has 0 radical (unpaired) electrons. The molecule has 0 aliphatic heterocycles. The van der Waals surface area contributed by atoms with Crippen molar-refractivity contribution in [2.24, 2.45) is 0 Å². The number of carbonyl (C=O) groups excluding carboxylic acids is 2. The van der Waals surface area contributed by atoms with Crippen molar-refractivity contribution in [3.8, 4) is 11.5 Å². The molecule has 28 heavy (non-hydrogen) atoms. The van der Waals surface area contributed by atoms with Gasteiger partial charge in [-0.2, -0.15) is 0 Å². The minimum absolute atomic E-state index is 0. The van der Waals surface area contributed by atoms with E-state index in [1.165, 1.54) is 0 Å². The van der Waals surface area contributed by atoms with E-state index in [0.29, 0.717) is 24.6 Å². The standard InChI is InChI=1S/C20H24N2O5.H2O/c1-3-26-17-9-5-15(6-10-17)21-19(23)13-25-14-20(24)22-16-7-11-18(12-8-16)27-4-2;/h5-12H,3-4,13-14H2,1-2H3,(H,21,23)(H,22,24);1H2. The van der Waals surface area contributed by atoms with Crippen LogP contribution in [0.2, 0.25) is 0 Å². The summed E-state index contributed by atoms with van der Waals surface area (Å²) in [4.78, 5) is 23.7. The van der Waals surface area contributed by atoms with E-state index in [-0.39, 0.29) is 30.5 Å². The summed E-state index contributed by atoms with van der Waals surface area (Å²) in [5.41, 5.74) is 1.26. The van der Waals surface area contributed by atoms with E-state index in [1.54, 1.807) is 48.5 Å². The van der Waals surface area contributed by atoms with Crippen molar-refractivity contribution in [3.63, 3.8) is 0 Å². The monoisotopic (exact) mass is 390 g/mol. The number of ether oxygens (including phenoxy) is 3. The molecule has 0 aliphatic carbocycles. The third kappa shape index (κ3) is 8.07. The van der Waals surface area contributed by atoms with Gasteiger partial charge in [-0.05, 0) is 62.4 Å². The zero-order valence-electron chi connectivity index (χ0n) is 16.0.